The number of ether oxygens (including phenoxy) is 1. The number of nitrogens with one attached hydrogen (secondary N) is 2. The summed E-state index contributed by atoms with van der Waals surface area (Å²) >= 11 is 0. The number of amides is 3. The predicted octanol–water partition coefficient (Wildman–Crippen LogP) is 1.20. The first-order valence-corrected chi connectivity index (χ1v) is 12.4. The fraction of sp³-hybridized carbons (Fsp3) is 0.560. The fourth-order valence-electron chi connectivity index (χ4n) is 4.12. The molecule has 2 rings (SSSR count). The van der Waals surface area contributed by atoms with Gasteiger partial charge in [0.2, 0.25) is 11.8 Å². The van der Waals surface area contributed by atoms with Gasteiger partial charge >= 0.3 is 12.1 Å². The standard InChI is InChI=1S/C25H38N6O6/c1-3-4-12-30(16-22(33)34)23(35)20(28-25(36)37-17-18-9-6-5-7-10-18)14-21(32)29(2)19-11-8-13-31(15-19)24(26)27/h5-7,9-10,19-20H,3-4,8,11-17H2,1-2H3,(H3,26,27)(H,28,36)(H,33,34)/t19-,20-/m0/s1. The molecule has 1 aromatic carbocycles. The van der Waals surface area contributed by atoms with Gasteiger partial charge in [0.15, 0.2) is 5.96 Å². The molecule has 12 nitrogen and oxygen atoms in total. The molecule has 0 bridgehead atoms. The zero-order chi connectivity index (χ0) is 27.4. The van der Waals surface area contributed by atoms with Crippen LogP contribution in [0, 0.1) is 5.41 Å². The molecule has 1 heterocycles. The molecule has 0 spiro atoms. The number of benzene rings is 1. The Balaban J connectivity index is 2.14. The van der Waals surface area contributed by atoms with E-state index in [1.165, 1.54) is 4.90 Å². The maximum absolute atomic E-state index is 13.3. The average molecular weight is 519 g/mol. The molecule has 1 aliphatic rings. The minimum atomic E-state index is -1.30. The van der Waals surface area contributed by atoms with Gasteiger partial charge < -0.3 is 35.6 Å². The van der Waals surface area contributed by atoms with E-state index in [-0.39, 0.29) is 31.6 Å². The van der Waals surface area contributed by atoms with Crippen molar-refractivity contribution in [2.75, 3.05) is 33.2 Å². The van der Waals surface area contributed by atoms with Gasteiger partial charge in [0.25, 0.3) is 0 Å². The number of hydrogen-bond acceptors (Lipinski definition) is 6. The quantitative estimate of drug-likeness (QED) is 0.236. The van der Waals surface area contributed by atoms with Crippen LogP contribution in [0.5, 0.6) is 0 Å². The second-order valence-corrected chi connectivity index (χ2v) is 9.10. The predicted molar refractivity (Wildman–Crippen MR) is 137 cm³/mol. The van der Waals surface area contributed by atoms with Crippen LogP contribution in [0.1, 0.15) is 44.6 Å². The molecule has 12 heteroatoms. The van der Waals surface area contributed by atoms with Gasteiger partial charge in [-0.2, -0.15) is 0 Å². The van der Waals surface area contributed by atoms with E-state index in [0.717, 1.165) is 23.3 Å². The number of carbonyl (C=O) groups excluding carboxylic acids is 3. The molecule has 37 heavy (non-hydrogen) atoms. The molecule has 2 atom stereocenters. The van der Waals surface area contributed by atoms with Gasteiger partial charge in [-0.15, -0.1) is 0 Å². The summed E-state index contributed by atoms with van der Waals surface area (Å²) in [5.41, 5.74) is 6.36. The number of rotatable bonds is 12. The molecule has 0 unspecified atom stereocenters. The lowest BCUT2D eigenvalue weighted by atomic mass is 10.0. The third-order valence-corrected chi connectivity index (χ3v) is 6.28. The molecule has 0 radical (unpaired) electrons. The maximum Gasteiger partial charge on any atom is 0.408 e. The van der Waals surface area contributed by atoms with Crippen molar-refractivity contribution >= 4 is 29.8 Å². The third kappa shape index (κ3) is 9.62. The van der Waals surface area contributed by atoms with Crippen molar-refractivity contribution in [3.8, 4) is 0 Å². The SMILES string of the molecule is CCCCN(CC(=O)O)C(=O)[C@H](CC(=O)N(C)[C@H]1CCCN(C(=N)N)C1)NC(=O)OCc1ccccc1. The highest BCUT2D eigenvalue weighted by Gasteiger charge is 2.33. The minimum absolute atomic E-state index is 0.0287. The van der Waals surface area contributed by atoms with Crippen molar-refractivity contribution in [1.82, 2.24) is 20.0 Å². The molecule has 1 aliphatic heterocycles. The van der Waals surface area contributed by atoms with E-state index in [1.807, 2.05) is 13.0 Å². The van der Waals surface area contributed by atoms with E-state index in [9.17, 15) is 24.3 Å². The molecule has 0 aliphatic carbocycles. The Bertz CT molecular complexity index is 943. The number of likely N-dealkylation sites (tertiary alicyclic amines) is 1. The molecular weight excluding hydrogens is 480 g/mol. The van der Waals surface area contributed by atoms with Crippen LogP contribution in [0.2, 0.25) is 0 Å². The second-order valence-electron chi connectivity index (χ2n) is 9.10. The van der Waals surface area contributed by atoms with Crippen molar-refractivity contribution in [1.29, 1.82) is 5.41 Å². The summed E-state index contributed by atoms with van der Waals surface area (Å²) in [6.45, 7) is 2.54. The summed E-state index contributed by atoms with van der Waals surface area (Å²) in [7, 11) is 1.61. The van der Waals surface area contributed by atoms with Gasteiger partial charge in [0.1, 0.15) is 19.2 Å². The Morgan fingerprint density at radius 2 is 1.97 bits per heavy atom. The molecule has 1 fully saturated rings. The van der Waals surface area contributed by atoms with Crippen LogP contribution in [-0.2, 0) is 25.7 Å². The molecule has 1 saturated heterocycles. The van der Waals surface area contributed by atoms with E-state index in [2.05, 4.69) is 5.32 Å². The van der Waals surface area contributed by atoms with Crippen molar-refractivity contribution < 1.29 is 29.0 Å². The lowest BCUT2D eigenvalue weighted by Crippen LogP contribution is -2.55. The fourth-order valence-corrected chi connectivity index (χ4v) is 4.12. The summed E-state index contributed by atoms with van der Waals surface area (Å²) < 4.78 is 5.24. The van der Waals surface area contributed by atoms with E-state index >= 15 is 0 Å². The topological polar surface area (TPSA) is 169 Å². The van der Waals surface area contributed by atoms with Gasteiger partial charge in [-0.25, -0.2) is 4.79 Å². The summed E-state index contributed by atoms with van der Waals surface area (Å²) in [5.74, 6) is -2.32. The number of unbranched alkanes of at least 4 members (excludes halogenated alkanes) is 1. The first-order valence-electron chi connectivity index (χ1n) is 12.4. The Hall–Kier alpha value is -3.83. The summed E-state index contributed by atoms with van der Waals surface area (Å²) in [6, 6.07) is 7.46. The second kappa shape index (κ2) is 14.7. The lowest BCUT2D eigenvalue weighted by Gasteiger charge is -2.38. The number of carboxylic acid groups (broad SMARTS) is 1. The Morgan fingerprint density at radius 3 is 2.59 bits per heavy atom. The van der Waals surface area contributed by atoms with Crippen molar-refractivity contribution in [3.63, 3.8) is 0 Å². The molecule has 0 aromatic heterocycles. The number of alkyl carbamates (subject to hydrolysis) is 1. The number of nitrogens with two attached hydrogens (primary N) is 1. The number of hydrogen-bond donors (Lipinski definition) is 4. The zero-order valence-corrected chi connectivity index (χ0v) is 21.5. The van der Waals surface area contributed by atoms with E-state index in [1.54, 1.807) is 36.2 Å². The van der Waals surface area contributed by atoms with Crippen LogP contribution in [0.3, 0.4) is 0 Å². The van der Waals surface area contributed by atoms with Gasteiger partial charge in [0.05, 0.1) is 6.42 Å². The zero-order valence-electron chi connectivity index (χ0n) is 21.5. The monoisotopic (exact) mass is 518 g/mol. The third-order valence-electron chi connectivity index (χ3n) is 6.28. The smallest absolute Gasteiger partial charge is 0.408 e. The molecule has 1 aromatic rings. The van der Waals surface area contributed by atoms with E-state index in [0.29, 0.717) is 25.9 Å². The van der Waals surface area contributed by atoms with Crippen molar-refractivity contribution in [3.05, 3.63) is 35.9 Å². The first-order chi connectivity index (χ1) is 17.6. The van der Waals surface area contributed by atoms with Crippen LogP contribution in [0.15, 0.2) is 30.3 Å². The molecular formula is C25H38N6O6. The largest absolute Gasteiger partial charge is 0.480 e. The van der Waals surface area contributed by atoms with Crippen LogP contribution in [0.4, 0.5) is 4.79 Å². The van der Waals surface area contributed by atoms with Crippen LogP contribution in [-0.4, -0.2) is 95.0 Å². The number of carboxylic acids is 1. The van der Waals surface area contributed by atoms with Crippen molar-refractivity contribution in [2.45, 2.75) is 57.7 Å². The molecule has 5 N–H and O–H groups in total. The van der Waals surface area contributed by atoms with Crippen molar-refractivity contribution in [2.24, 2.45) is 5.73 Å². The Morgan fingerprint density at radius 1 is 1.27 bits per heavy atom. The number of nitrogens with zero attached hydrogens (tertiary/aromatic N) is 3. The van der Waals surface area contributed by atoms with Crippen LogP contribution < -0.4 is 11.1 Å². The van der Waals surface area contributed by atoms with E-state index < -0.39 is 36.5 Å². The number of likely N-dealkylation sites (N-methyl/N-ethyl adjacent to an activating group) is 1. The summed E-state index contributed by atoms with van der Waals surface area (Å²) in [4.78, 5) is 54.8. The number of aliphatic carboxylic acids is 1. The minimum Gasteiger partial charge on any atom is -0.480 e. The maximum atomic E-state index is 13.3. The van der Waals surface area contributed by atoms with Gasteiger partial charge in [-0.3, -0.25) is 19.8 Å². The Kier molecular flexibility index (Phi) is 11.7. The van der Waals surface area contributed by atoms with Gasteiger partial charge in [-0.05, 0) is 24.8 Å². The number of guanidine groups is 1. The van der Waals surface area contributed by atoms with Gasteiger partial charge in [-0.1, -0.05) is 43.7 Å². The summed E-state index contributed by atoms with van der Waals surface area (Å²) in [5, 5.41) is 19.5. The molecule has 3 amide bonds. The highest BCUT2D eigenvalue weighted by Crippen LogP contribution is 2.16. The lowest BCUT2D eigenvalue weighted by molar-refractivity contribution is -0.146. The van der Waals surface area contributed by atoms with Crippen LogP contribution in [0.25, 0.3) is 0 Å². The molecule has 0 saturated carbocycles. The highest BCUT2D eigenvalue weighted by atomic mass is 16.5. The highest BCUT2D eigenvalue weighted by molar-refractivity contribution is 5.92. The first kappa shape index (κ1) is 29.4. The Labute approximate surface area is 217 Å². The van der Waals surface area contributed by atoms with Crippen LogP contribution >= 0.6 is 0 Å². The van der Waals surface area contributed by atoms with E-state index in [4.69, 9.17) is 15.9 Å². The summed E-state index contributed by atoms with van der Waals surface area (Å²) in [6.07, 6.45) is 1.51. The normalized spacial score (nSPS) is 15.8. The number of piperidine rings is 1. The van der Waals surface area contributed by atoms with Gasteiger partial charge in [0, 0.05) is 32.7 Å². The molecule has 204 valence electrons. The average Bonchev–Trinajstić information content (AvgIpc) is 2.89. The number of carbonyl (C=O) groups is 4.